The molecule has 0 N–H and O–H groups in total. The molecule has 0 saturated heterocycles. The Labute approximate surface area is 78.8 Å². The summed E-state index contributed by atoms with van der Waals surface area (Å²) in [5.41, 5.74) is -0.579. The molecule has 0 saturated carbocycles. The monoisotopic (exact) mass is 195 g/mol. The van der Waals surface area contributed by atoms with Gasteiger partial charge in [-0.05, 0) is 12.2 Å². The van der Waals surface area contributed by atoms with Crippen molar-refractivity contribution in [3.8, 4) is 0 Å². The van der Waals surface area contributed by atoms with Crippen molar-refractivity contribution >= 4 is 18.0 Å². The van der Waals surface area contributed by atoms with Crippen LogP contribution >= 0.6 is 0 Å². The highest BCUT2D eigenvalue weighted by atomic mass is 19.1. The second kappa shape index (κ2) is 4.27. The third-order valence-corrected chi connectivity index (χ3v) is 1.56. The normalized spacial score (nSPS) is 10.4. The summed E-state index contributed by atoms with van der Waals surface area (Å²) in [5.74, 6) is -0.935. The van der Waals surface area contributed by atoms with E-state index in [1.165, 1.54) is 18.2 Å². The van der Waals surface area contributed by atoms with Gasteiger partial charge in [-0.3, -0.25) is 14.9 Å². The van der Waals surface area contributed by atoms with Gasteiger partial charge in [-0.1, -0.05) is 12.1 Å². The fraction of sp³-hybridized carbons (Fsp3) is 0. The number of carbonyl (C=O) groups is 1. The van der Waals surface area contributed by atoms with E-state index in [0.29, 0.717) is 6.29 Å². The summed E-state index contributed by atoms with van der Waals surface area (Å²) in [5, 5.41) is 10.3. The van der Waals surface area contributed by atoms with Gasteiger partial charge in [0.05, 0.1) is 4.92 Å². The molecule has 14 heavy (non-hydrogen) atoms. The first-order valence-corrected chi connectivity index (χ1v) is 3.71. The van der Waals surface area contributed by atoms with Crippen LogP contribution in [0.2, 0.25) is 0 Å². The van der Waals surface area contributed by atoms with Gasteiger partial charge >= 0.3 is 5.69 Å². The second-order valence-electron chi connectivity index (χ2n) is 2.43. The first-order valence-electron chi connectivity index (χ1n) is 3.71. The molecule has 0 atom stereocenters. The van der Waals surface area contributed by atoms with E-state index in [1.807, 2.05) is 0 Å². The summed E-state index contributed by atoms with van der Waals surface area (Å²) >= 11 is 0. The summed E-state index contributed by atoms with van der Waals surface area (Å²) in [4.78, 5) is 19.5. The first-order chi connectivity index (χ1) is 6.66. The molecule has 1 rings (SSSR count). The van der Waals surface area contributed by atoms with E-state index in [-0.39, 0.29) is 5.56 Å². The summed E-state index contributed by atoms with van der Waals surface area (Å²) in [6.07, 6.45) is 2.72. The molecule has 0 aliphatic rings. The van der Waals surface area contributed by atoms with Crippen molar-refractivity contribution in [2.75, 3.05) is 0 Å². The molecule has 0 unspecified atom stereocenters. The van der Waals surface area contributed by atoms with Gasteiger partial charge in [0.2, 0.25) is 5.82 Å². The molecule has 0 aliphatic heterocycles. The average molecular weight is 195 g/mol. The third kappa shape index (κ3) is 2.01. The number of carbonyl (C=O) groups excluding carboxylic acids is 1. The van der Waals surface area contributed by atoms with Crippen LogP contribution in [0.5, 0.6) is 0 Å². The van der Waals surface area contributed by atoms with E-state index in [0.717, 1.165) is 12.1 Å². The lowest BCUT2D eigenvalue weighted by Gasteiger charge is -1.96. The quantitative estimate of drug-likeness (QED) is 0.320. The summed E-state index contributed by atoms with van der Waals surface area (Å²) < 4.78 is 13.2. The number of aldehydes is 1. The predicted molar refractivity (Wildman–Crippen MR) is 48.2 cm³/mol. The molecule has 0 heterocycles. The number of nitrogens with zero attached hydrogens (tertiary/aromatic N) is 1. The van der Waals surface area contributed by atoms with Crippen LogP contribution < -0.4 is 0 Å². The Morgan fingerprint density at radius 3 is 2.71 bits per heavy atom. The van der Waals surface area contributed by atoms with E-state index >= 15 is 0 Å². The van der Waals surface area contributed by atoms with E-state index in [1.54, 1.807) is 0 Å². The molecule has 0 radical (unpaired) electrons. The lowest BCUT2D eigenvalue weighted by Crippen LogP contribution is -1.94. The highest BCUT2D eigenvalue weighted by Gasteiger charge is 2.15. The Bertz CT molecular complexity index is 401. The standard InChI is InChI=1S/C9H6FNO3/c10-9-7(4-2-6-12)3-1-5-8(9)11(13)14/h1-6H. The Hall–Kier alpha value is -2.04. The second-order valence-corrected chi connectivity index (χ2v) is 2.43. The van der Waals surface area contributed by atoms with E-state index < -0.39 is 16.4 Å². The van der Waals surface area contributed by atoms with Crippen molar-refractivity contribution in [1.29, 1.82) is 0 Å². The minimum absolute atomic E-state index is 0.0197. The molecule has 72 valence electrons. The van der Waals surface area contributed by atoms with Crippen molar-refractivity contribution in [3.63, 3.8) is 0 Å². The minimum atomic E-state index is -0.935. The molecule has 0 amide bonds. The van der Waals surface area contributed by atoms with E-state index in [2.05, 4.69) is 0 Å². The van der Waals surface area contributed by atoms with Crippen molar-refractivity contribution in [2.45, 2.75) is 0 Å². The lowest BCUT2D eigenvalue weighted by molar-refractivity contribution is -0.387. The number of hydrogen-bond acceptors (Lipinski definition) is 3. The maximum atomic E-state index is 13.2. The Morgan fingerprint density at radius 1 is 1.43 bits per heavy atom. The highest BCUT2D eigenvalue weighted by molar-refractivity contribution is 5.74. The van der Waals surface area contributed by atoms with Crippen LogP contribution in [0.15, 0.2) is 24.3 Å². The number of rotatable bonds is 3. The Balaban J connectivity index is 3.20. The summed E-state index contributed by atoms with van der Waals surface area (Å²) in [7, 11) is 0. The molecule has 4 nitrogen and oxygen atoms in total. The van der Waals surface area contributed by atoms with Crippen molar-refractivity contribution < 1.29 is 14.1 Å². The van der Waals surface area contributed by atoms with Gasteiger partial charge < -0.3 is 0 Å². The van der Waals surface area contributed by atoms with Gasteiger partial charge in [0.1, 0.15) is 6.29 Å². The zero-order valence-electron chi connectivity index (χ0n) is 7.01. The van der Waals surface area contributed by atoms with Gasteiger partial charge in [0.15, 0.2) is 0 Å². The molecule has 0 aromatic heterocycles. The summed E-state index contributed by atoms with van der Waals surface area (Å²) in [6, 6.07) is 3.77. The minimum Gasteiger partial charge on any atom is -0.299 e. The predicted octanol–water partition coefficient (Wildman–Crippen LogP) is 1.95. The topological polar surface area (TPSA) is 60.2 Å². The Kier molecular flexibility index (Phi) is 3.06. The molecule has 0 bridgehead atoms. The molecule has 1 aromatic carbocycles. The van der Waals surface area contributed by atoms with Gasteiger partial charge in [-0.15, -0.1) is 0 Å². The molecule has 0 aliphatic carbocycles. The van der Waals surface area contributed by atoms with Crippen molar-refractivity contribution in [1.82, 2.24) is 0 Å². The maximum Gasteiger partial charge on any atom is 0.305 e. The van der Waals surface area contributed by atoms with Crippen molar-refractivity contribution in [3.05, 3.63) is 45.8 Å². The molecule has 1 aromatic rings. The first kappa shape index (κ1) is 10.0. The number of halogens is 1. The van der Waals surface area contributed by atoms with Gasteiger partial charge in [-0.2, -0.15) is 4.39 Å². The molecule has 0 fully saturated rings. The number of allylic oxidation sites excluding steroid dienone is 1. The number of nitro benzene ring substituents is 1. The smallest absolute Gasteiger partial charge is 0.299 e. The SMILES string of the molecule is O=CC=Cc1cccc([N+](=O)[O-])c1F. The third-order valence-electron chi connectivity index (χ3n) is 1.56. The van der Waals surface area contributed by atoms with Crippen LogP contribution in [0.4, 0.5) is 10.1 Å². The molecular weight excluding hydrogens is 189 g/mol. The molecule has 5 heteroatoms. The van der Waals surface area contributed by atoms with Crippen LogP contribution in [-0.2, 0) is 4.79 Å². The zero-order valence-corrected chi connectivity index (χ0v) is 7.01. The molecular formula is C9H6FNO3. The van der Waals surface area contributed by atoms with Crippen LogP contribution in [0.1, 0.15) is 5.56 Å². The van der Waals surface area contributed by atoms with Gasteiger partial charge in [0.25, 0.3) is 0 Å². The van der Waals surface area contributed by atoms with E-state index in [9.17, 15) is 19.3 Å². The van der Waals surface area contributed by atoms with Gasteiger partial charge in [0, 0.05) is 11.6 Å². The molecule has 0 spiro atoms. The van der Waals surface area contributed by atoms with Crippen LogP contribution in [0.3, 0.4) is 0 Å². The summed E-state index contributed by atoms with van der Waals surface area (Å²) in [6.45, 7) is 0. The number of hydrogen-bond donors (Lipinski definition) is 0. The fourth-order valence-corrected chi connectivity index (χ4v) is 0.950. The largest absolute Gasteiger partial charge is 0.305 e. The van der Waals surface area contributed by atoms with E-state index in [4.69, 9.17) is 0 Å². The van der Waals surface area contributed by atoms with Crippen LogP contribution in [0.25, 0.3) is 6.08 Å². The van der Waals surface area contributed by atoms with Crippen molar-refractivity contribution in [2.24, 2.45) is 0 Å². The zero-order chi connectivity index (χ0) is 10.6. The maximum absolute atomic E-state index is 13.2. The van der Waals surface area contributed by atoms with Crippen LogP contribution in [0, 0.1) is 15.9 Å². The average Bonchev–Trinajstić information content (AvgIpc) is 2.16. The number of nitro groups is 1. The number of benzene rings is 1. The fourth-order valence-electron chi connectivity index (χ4n) is 0.950. The Morgan fingerprint density at radius 2 is 2.14 bits per heavy atom. The lowest BCUT2D eigenvalue weighted by atomic mass is 10.2. The van der Waals surface area contributed by atoms with Gasteiger partial charge in [-0.25, -0.2) is 0 Å². The highest BCUT2D eigenvalue weighted by Crippen LogP contribution is 2.20. The van der Waals surface area contributed by atoms with Crippen LogP contribution in [-0.4, -0.2) is 11.2 Å².